The molecule has 1 aliphatic rings. The number of carbonyl (C=O) groups excluding carboxylic acids is 3. The zero-order valence-corrected chi connectivity index (χ0v) is 18.8. The number of hydrogen-bond donors (Lipinski definition) is 1. The minimum atomic E-state index is -0.818. The minimum absolute atomic E-state index is 0.174. The van der Waals surface area contributed by atoms with Crippen molar-refractivity contribution in [2.45, 2.75) is 26.7 Å². The van der Waals surface area contributed by atoms with Crippen molar-refractivity contribution >= 4 is 57.1 Å². The van der Waals surface area contributed by atoms with E-state index in [9.17, 15) is 14.4 Å². The third-order valence-corrected chi connectivity index (χ3v) is 5.27. The van der Waals surface area contributed by atoms with Gasteiger partial charge in [0, 0.05) is 15.1 Å². The molecule has 1 N–H and O–H groups in total. The van der Waals surface area contributed by atoms with E-state index in [2.05, 4.69) is 28.2 Å². The average Bonchev–Trinajstić information content (AvgIpc) is 2.69. The zero-order chi connectivity index (χ0) is 21.8. The highest BCUT2D eigenvalue weighted by Crippen LogP contribution is 2.30. The number of aryl methyl sites for hydroxylation is 1. The Hall–Kier alpha value is -2.64. The normalized spacial score (nSPS) is 15.5. The van der Waals surface area contributed by atoms with Gasteiger partial charge in [0.2, 0.25) is 0 Å². The molecule has 30 heavy (non-hydrogen) atoms. The van der Waals surface area contributed by atoms with Crippen molar-refractivity contribution < 1.29 is 19.1 Å². The van der Waals surface area contributed by atoms with Crippen LogP contribution in [0.15, 0.2) is 46.4 Å². The molecule has 3 rings (SSSR count). The third kappa shape index (κ3) is 4.74. The van der Waals surface area contributed by atoms with Crippen LogP contribution < -0.4 is 15.0 Å². The van der Waals surface area contributed by atoms with Gasteiger partial charge in [-0.05, 0) is 55.3 Å². The van der Waals surface area contributed by atoms with E-state index >= 15 is 0 Å². The van der Waals surface area contributed by atoms with E-state index in [1.54, 1.807) is 31.2 Å². The van der Waals surface area contributed by atoms with Crippen LogP contribution in [0.1, 0.15) is 30.9 Å². The second-order valence-corrected chi connectivity index (χ2v) is 8.12. The van der Waals surface area contributed by atoms with E-state index < -0.39 is 17.8 Å². The smallest absolute Gasteiger partial charge is 0.335 e. The van der Waals surface area contributed by atoms with Gasteiger partial charge in [0.1, 0.15) is 11.3 Å². The summed E-state index contributed by atoms with van der Waals surface area (Å²) in [6.07, 6.45) is 3.29. The van der Waals surface area contributed by atoms with Gasteiger partial charge in [0.05, 0.1) is 12.3 Å². The van der Waals surface area contributed by atoms with Gasteiger partial charge in [-0.2, -0.15) is 0 Å². The standard InChI is InChI=1S/C22H20BrClN2O4/c1-3-4-9-30-19-8-6-15(23)10-14(19)11-17-20(27)25-22(29)26(21(17)28)18-12-16(24)7-5-13(18)2/h5-8,10-12H,3-4,9H2,1-2H3,(H,25,27,29). The van der Waals surface area contributed by atoms with Gasteiger partial charge in [0.25, 0.3) is 11.8 Å². The first-order valence-electron chi connectivity index (χ1n) is 9.41. The van der Waals surface area contributed by atoms with E-state index in [0.29, 0.717) is 34.2 Å². The fourth-order valence-electron chi connectivity index (χ4n) is 2.95. The number of amides is 4. The maximum absolute atomic E-state index is 13.2. The summed E-state index contributed by atoms with van der Waals surface area (Å²) in [6.45, 7) is 4.32. The number of carbonyl (C=O) groups is 3. The number of nitrogens with zero attached hydrogens (tertiary/aromatic N) is 1. The van der Waals surface area contributed by atoms with Crippen LogP contribution in [0, 0.1) is 6.92 Å². The lowest BCUT2D eigenvalue weighted by Crippen LogP contribution is -2.54. The Labute approximate surface area is 188 Å². The monoisotopic (exact) mass is 490 g/mol. The van der Waals surface area contributed by atoms with E-state index in [-0.39, 0.29) is 5.57 Å². The highest BCUT2D eigenvalue weighted by atomic mass is 79.9. The number of barbiturate groups is 1. The summed E-state index contributed by atoms with van der Waals surface area (Å²) < 4.78 is 6.57. The molecule has 8 heteroatoms. The SMILES string of the molecule is CCCCOc1ccc(Br)cc1C=C1C(=O)NC(=O)N(c2cc(Cl)ccc2C)C1=O. The van der Waals surface area contributed by atoms with Crippen molar-refractivity contribution in [3.63, 3.8) is 0 Å². The molecule has 4 amide bonds. The van der Waals surface area contributed by atoms with Gasteiger partial charge in [-0.25, -0.2) is 9.69 Å². The van der Waals surface area contributed by atoms with Crippen LogP contribution in [0.5, 0.6) is 5.75 Å². The van der Waals surface area contributed by atoms with E-state index in [1.807, 2.05) is 6.07 Å². The van der Waals surface area contributed by atoms with Crippen LogP contribution in [0.2, 0.25) is 5.02 Å². The van der Waals surface area contributed by atoms with Crippen LogP contribution in [-0.4, -0.2) is 24.5 Å². The van der Waals surface area contributed by atoms with Gasteiger partial charge in [0.15, 0.2) is 0 Å². The van der Waals surface area contributed by atoms with E-state index in [4.69, 9.17) is 16.3 Å². The molecule has 0 unspecified atom stereocenters. The molecule has 0 saturated carbocycles. The second kappa shape index (κ2) is 9.45. The predicted octanol–water partition coefficient (Wildman–Crippen LogP) is 5.26. The molecular formula is C22H20BrClN2O4. The average molecular weight is 492 g/mol. The van der Waals surface area contributed by atoms with Gasteiger partial charge < -0.3 is 4.74 Å². The Balaban J connectivity index is 2.03. The fourth-order valence-corrected chi connectivity index (χ4v) is 3.49. The molecule has 0 spiro atoms. The molecule has 0 atom stereocenters. The summed E-state index contributed by atoms with van der Waals surface area (Å²) in [7, 11) is 0. The van der Waals surface area contributed by atoms with Crippen molar-refractivity contribution in [2.75, 3.05) is 11.5 Å². The number of hydrogen-bond acceptors (Lipinski definition) is 4. The van der Waals surface area contributed by atoms with Crippen LogP contribution in [-0.2, 0) is 9.59 Å². The summed E-state index contributed by atoms with van der Waals surface area (Å²) in [5.74, 6) is -0.948. The Morgan fingerprint density at radius 1 is 1.17 bits per heavy atom. The van der Waals surface area contributed by atoms with Crippen molar-refractivity contribution in [3.05, 3.63) is 62.6 Å². The Kier molecular flexibility index (Phi) is 6.95. The van der Waals surface area contributed by atoms with Crippen LogP contribution >= 0.6 is 27.5 Å². The summed E-state index contributed by atoms with van der Waals surface area (Å²) in [6, 6.07) is 9.39. The predicted molar refractivity (Wildman–Crippen MR) is 120 cm³/mol. The van der Waals surface area contributed by atoms with Crippen molar-refractivity contribution in [1.29, 1.82) is 0 Å². The number of halogens is 2. The van der Waals surface area contributed by atoms with E-state index in [0.717, 1.165) is 22.2 Å². The maximum Gasteiger partial charge on any atom is 0.335 e. The highest BCUT2D eigenvalue weighted by molar-refractivity contribution is 9.10. The summed E-state index contributed by atoms with van der Waals surface area (Å²) in [4.78, 5) is 39.0. The first kappa shape index (κ1) is 22.1. The van der Waals surface area contributed by atoms with E-state index in [1.165, 1.54) is 12.1 Å². The largest absolute Gasteiger partial charge is 0.493 e. The fraction of sp³-hybridized carbons (Fsp3) is 0.227. The van der Waals surface area contributed by atoms with Gasteiger partial charge in [-0.1, -0.05) is 46.9 Å². The van der Waals surface area contributed by atoms with Crippen LogP contribution in [0.3, 0.4) is 0 Å². The number of ether oxygens (including phenoxy) is 1. The molecule has 6 nitrogen and oxygen atoms in total. The molecule has 0 aromatic heterocycles. The number of unbranched alkanes of at least 4 members (excludes halogenated alkanes) is 1. The quantitative estimate of drug-likeness (QED) is 0.340. The topological polar surface area (TPSA) is 75.7 Å². The molecule has 2 aromatic rings. The van der Waals surface area contributed by atoms with Crippen LogP contribution in [0.25, 0.3) is 6.08 Å². The lowest BCUT2D eigenvalue weighted by molar-refractivity contribution is -0.122. The lowest BCUT2D eigenvalue weighted by Gasteiger charge is -2.27. The number of nitrogens with one attached hydrogen (secondary N) is 1. The molecule has 0 radical (unpaired) electrons. The van der Waals surface area contributed by atoms with Crippen molar-refractivity contribution in [3.8, 4) is 5.75 Å². The number of imide groups is 2. The van der Waals surface area contributed by atoms with Gasteiger partial charge in [-0.15, -0.1) is 0 Å². The number of rotatable bonds is 6. The molecule has 0 aliphatic carbocycles. The first-order chi connectivity index (χ1) is 14.3. The Morgan fingerprint density at radius 3 is 2.67 bits per heavy atom. The summed E-state index contributed by atoms with van der Waals surface area (Å²) in [5, 5.41) is 2.60. The molecule has 0 bridgehead atoms. The second-order valence-electron chi connectivity index (χ2n) is 6.77. The maximum atomic E-state index is 13.2. The molecular weight excluding hydrogens is 472 g/mol. The number of anilines is 1. The van der Waals surface area contributed by atoms with Crippen molar-refractivity contribution in [2.24, 2.45) is 0 Å². The molecule has 1 aliphatic heterocycles. The number of urea groups is 1. The minimum Gasteiger partial charge on any atom is -0.493 e. The third-order valence-electron chi connectivity index (χ3n) is 4.54. The van der Waals surface area contributed by atoms with Gasteiger partial charge >= 0.3 is 6.03 Å². The highest BCUT2D eigenvalue weighted by Gasteiger charge is 2.37. The Morgan fingerprint density at radius 2 is 1.93 bits per heavy atom. The molecule has 1 fully saturated rings. The first-order valence-corrected chi connectivity index (χ1v) is 10.6. The molecule has 1 saturated heterocycles. The summed E-state index contributed by atoms with van der Waals surface area (Å²) >= 11 is 9.45. The van der Waals surface area contributed by atoms with Crippen LogP contribution in [0.4, 0.5) is 10.5 Å². The molecule has 1 heterocycles. The molecule has 2 aromatic carbocycles. The molecule has 156 valence electrons. The van der Waals surface area contributed by atoms with Crippen molar-refractivity contribution in [1.82, 2.24) is 5.32 Å². The number of benzene rings is 2. The Bertz CT molecular complexity index is 1050. The summed E-state index contributed by atoms with van der Waals surface area (Å²) in [5.41, 5.74) is 1.36. The van der Waals surface area contributed by atoms with Gasteiger partial charge in [-0.3, -0.25) is 14.9 Å². The lowest BCUT2D eigenvalue weighted by atomic mass is 10.0. The zero-order valence-electron chi connectivity index (χ0n) is 16.5.